The molecule has 3 rings (SSSR count). The summed E-state index contributed by atoms with van der Waals surface area (Å²) < 4.78 is 18.6. The highest BCUT2D eigenvalue weighted by Crippen LogP contribution is 2.29. The number of carbonyl (C=O) groups excluding carboxylic acids is 1. The van der Waals surface area contributed by atoms with E-state index >= 15 is 0 Å². The van der Waals surface area contributed by atoms with E-state index in [9.17, 15) is 9.18 Å². The van der Waals surface area contributed by atoms with E-state index in [4.69, 9.17) is 16.6 Å². The van der Waals surface area contributed by atoms with E-state index < -0.39 is 5.91 Å². The molecule has 0 bridgehead atoms. The van der Waals surface area contributed by atoms with Gasteiger partial charge in [-0.15, -0.1) is 0 Å². The van der Waals surface area contributed by atoms with Crippen LogP contribution in [0.2, 0.25) is 0 Å². The first kappa shape index (κ1) is 19.4. The molecule has 1 aromatic carbocycles. The van der Waals surface area contributed by atoms with Crippen LogP contribution in [0.5, 0.6) is 0 Å². The normalized spacial score (nSPS) is 22.1. The molecule has 1 aliphatic carbocycles. The quantitative estimate of drug-likeness (QED) is 0.547. The maximum Gasteiger partial charge on any atom is 0.305 e. The number of benzene rings is 1. The molecule has 1 heterocycles. The van der Waals surface area contributed by atoms with Crippen LogP contribution < -0.4 is 16.2 Å². The van der Waals surface area contributed by atoms with Crippen molar-refractivity contribution in [3.63, 3.8) is 0 Å². The Labute approximate surface area is 163 Å². The van der Waals surface area contributed by atoms with E-state index in [1.165, 1.54) is 25.0 Å². The summed E-state index contributed by atoms with van der Waals surface area (Å²) >= 11 is 5.29. The molecule has 7 heteroatoms. The second-order valence-corrected chi connectivity index (χ2v) is 7.51. The third kappa shape index (κ3) is 4.86. The third-order valence-electron chi connectivity index (χ3n) is 5.27. The predicted octanol–water partition coefficient (Wildman–Crippen LogP) is 4.02. The first-order chi connectivity index (χ1) is 12.9. The molecular weight excluding hydrogens is 365 g/mol. The lowest BCUT2D eigenvalue weighted by molar-refractivity contribution is 0.0916. The van der Waals surface area contributed by atoms with E-state index in [0.29, 0.717) is 34.3 Å². The minimum atomic E-state index is -0.433. The van der Waals surface area contributed by atoms with Crippen molar-refractivity contribution in [2.75, 3.05) is 0 Å². The smallest absolute Gasteiger partial charge is 0.305 e. The predicted molar refractivity (Wildman–Crippen MR) is 106 cm³/mol. The van der Waals surface area contributed by atoms with Gasteiger partial charge in [-0.05, 0) is 66.9 Å². The summed E-state index contributed by atoms with van der Waals surface area (Å²) in [6.45, 7) is 4.48. The molecule has 1 aromatic heterocycles. The minimum absolute atomic E-state index is 0.143. The zero-order chi connectivity index (χ0) is 19.4. The summed E-state index contributed by atoms with van der Waals surface area (Å²) in [5.74, 6) is 1.06. The number of rotatable bonds is 3. The Morgan fingerprint density at radius 2 is 1.85 bits per heavy atom. The number of carbonyl (C=O) groups is 1. The fourth-order valence-electron chi connectivity index (χ4n) is 3.39. The van der Waals surface area contributed by atoms with Crippen LogP contribution in [-0.2, 0) is 0 Å². The molecule has 27 heavy (non-hydrogen) atoms. The highest BCUT2D eigenvalue weighted by Gasteiger charge is 2.27. The van der Waals surface area contributed by atoms with Gasteiger partial charge in [0.2, 0.25) is 0 Å². The molecule has 3 atom stereocenters. The van der Waals surface area contributed by atoms with Crippen molar-refractivity contribution in [1.29, 1.82) is 0 Å². The molecule has 1 saturated carbocycles. The average molecular weight is 389 g/mol. The summed E-state index contributed by atoms with van der Waals surface area (Å²) in [5.41, 5.74) is 5.97. The largest absolute Gasteiger partial charge is 0.451 e. The van der Waals surface area contributed by atoms with Crippen molar-refractivity contribution < 1.29 is 13.6 Å². The molecular formula is C20H24FN3O2S. The van der Waals surface area contributed by atoms with Gasteiger partial charge in [0.15, 0.2) is 10.9 Å². The summed E-state index contributed by atoms with van der Waals surface area (Å²) in [5, 5.41) is 3.67. The summed E-state index contributed by atoms with van der Waals surface area (Å²) in [4.78, 5) is 12.2. The molecule has 0 spiro atoms. The Hall–Kier alpha value is -2.41. The van der Waals surface area contributed by atoms with Gasteiger partial charge in [0.25, 0.3) is 0 Å². The second-order valence-electron chi connectivity index (χ2n) is 7.10. The molecule has 1 fully saturated rings. The van der Waals surface area contributed by atoms with Crippen molar-refractivity contribution in [3.8, 4) is 11.3 Å². The monoisotopic (exact) mass is 389 g/mol. The van der Waals surface area contributed by atoms with Gasteiger partial charge in [0, 0.05) is 11.6 Å². The Kier molecular flexibility index (Phi) is 6.11. The molecule has 0 saturated heterocycles. The SMILES string of the molecule is C[C@@H]1[C@H](C)CCC[C@@H]1NC(=S)NNC(=O)c1ccc(-c2ccc(F)cc2)o1. The van der Waals surface area contributed by atoms with E-state index in [2.05, 4.69) is 30.0 Å². The zero-order valence-corrected chi connectivity index (χ0v) is 16.2. The van der Waals surface area contributed by atoms with Crippen LogP contribution in [0.25, 0.3) is 11.3 Å². The number of hydrogen-bond acceptors (Lipinski definition) is 3. The molecule has 1 amide bonds. The van der Waals surface area contributed by atoms with Crippen molar-refractivity contribution in [3.05, 3.63) is 48.0 Å². The highest BCUT2D eigenvalue weighted by molar-refractivity contribution is 7.80. The number of hydrazine groups is 1. The van der Waals surface area contributed by atoms with Crippen molar-refractivity contribution in [2.24, 2.45) is 11.8 Å². The van der Waals surface area contributed by atoms with Crippen molar-refractivity contribution in [1.82, 2.24) is 16.2 Å². The van der Waals surface area contributed by atoms with Gasteiger partial charge in [-0.25, -0.2) is 4.39 Å². The molecule has 1 aliphatic rings. The summed E-state index contributed by atoms with van der Waals surface area (Å²) in [7, 11) is 0. The Bertz CT molecular complexity index is 806. The number of halogens is 1. The number of amides is 1. The lowest BCUT2D eigenvalue weighted by Crippen LogP contribution is -2.52. The molecule has 0 unspecified atom stereocenters. The zero-order valence-electron chi connectivity index (χ0n) is 15.4. The highest BCUT2D eigenvalue weighted by atomic mass is 32.1. The second kappa shape index (κ2) is 8.52. The fourth-order valence-corrected chi connectivity index (χ4v) is 3.60. The van der Waals surface area contributed by atoms with Gasteiger partial charge in [0.1, 0.15) is 11.6 Å². The van der Waals surface area contributed by atoms with Crippen molar-refractivity contribution in [2.45, 2.75) is 39.2 Å². The number of furan rings is 1. The van der Waals surface area contributed by atoms with Crippen LogP contribution in [0, 0.1) is 17.7 Å². The first-order valence-corrected chi connectivity index (χ1v) is 9.57. The average Bonchev–Trinajstić information content (AvgIpc) is 3.14. The molecule has 0 radical (unpaired) electrons. The maximum absolute atomic E-state index is 13.0. The lowest BCUT2D eigenvalue weighted by Gasteiger charge is -2.35. The molecule has 2 aromatic rings. The first-order valence-electron chi connectivity index (χ1n) is 9.16. The number of thiocarbonyl (C=S) groups is 1. The van der Waals surface area contributed by atoms with Crippen LogP contribution in [0.3, 0.4) is 0 Å². The maximum atomic E-state index is 13.0. The standard InChI is InChI=1S/C20H24FN3O2S/c1-12-4-3-5-16(13(12)2)22-20(27)24-23-19(25)18-11-10-17(26-18)14-6-8-15(21)9-7-14/h6-13,16H,3-5H2,1-2H3,(H,23,25)(H2,22,24,27)/t12-,13-,16+/m1/s1. The van der Waals surface area contributed by atoms with Crippen LogP contribution >= 0.6 is 12.2 Å². The van der Waals surface area contributed by atoms with Crippen LogP contribution in [0.1, 0.15) is 43.7 Å². The van der Waals surface area contributed by atoms with Gasteiger partial charge in [-0.1, -0.05) is 26.7 Å². The lowest BCUT2D eigenvalue weighted by atomic mass is 9.78. The minimum Gasteiger partial charge on any atom is -0.451 e. The van der Waals surface area contributed by atoms with Gasteiger partial charge < -0.3 is 9.73 Å². The van der Waals surface area contributed by atoms with Gasteiger partial charge in [-0.3, -0.25) is 15.6 Å². The van der Waals surface area contributed by atoms with Gasteiger partial charge in [0.05, 0.1) is 0 Å². The van der Waals surface area contributed by atoms with Crippen LogP contribution in [0.4, 0.5) is 4.39 Å². The third-order valence-corrected chi connectivity index (χ3v) is 5.49. The summed E-state index contributed by atoms with van der Waals surface area (Å²) in [6.07, 6.45) is 3.49. The van der Waals surface area contributed by atoms with Crippen LogP contribution in [-0.4, -0.2) is 17.1 Å². The molecule has 5 nitrogen and oxygen atoms in total. The van der Waals surface area contributed by atoms with E-state index in [1.54, 1.807) is 24.3 Å². The van der Waals surface area contributed by atoms with Crippen molar-refractivity contribution >= 4 is 23.2 Å². The number of nitrogens with one attached hydrogen (secondary N) is 3. The Morgan fingerprint density at radius 1 is 1.11 bits per heavy atom. The van der Waals surface area contributed by atoms with E-state index in [0.717, 1.165) is 6.42 Å². The van der Waals surface area contributed by atoms with E-state index in [1.807, 2.05) is 0 Å². The Balaban J connectivity index is 1.52. The van der Waals surface area contributed by atoms with Crippen LogP contribution in [0.15, 0.2) is 40.8 Å². The number of hydrogen-bond donors (Lipinski definition) is 3. The summed E-state index contributed by atoms with van der Waals surface area (Å²) in [6, 6.07) is 9.42. The van der Waals surface area contributed by atoms with Gasteiger partial charge in [-0.2, -0.15) is 0 Å². The molecule has 0 aliphatic heterocycles. The Morgan fingerprint density at radius 3 is 2.59 bits per heavy atom. The molecule has 3 N–H and O–H groups in total. The van der Waals surface area contributed by atoms with Gasteiger partial charge >= 0.3 is 5.91 Å². The topological polar surface area (TPSA) is 66.3 Å². The van der Waals surface area contributed by atoms with E-state index in [-0.39, 0.29) is 11.6 Å². The fraction of sp³-hybridized carbons (Fsp3) is 0.400. The molecule has 144 valence electrons.